The Morgan fingerprint density at radius 2 is 1.90 bits per heavy atom. The zero-order valence-corrected chi connectivity index (χ0v) is 17.9. The number of nitrogen functional groups attached to an aromatic ring is 1. The summed E-state index contributed by atoms with van der Waals surface area (Å²) in [6.45, 7) is 0.664. The number of rotatable bonds is 3. The Bertz CT molecular complexity index is 1010. The van der Waals surface area contributed by atoms with Gasteiger partial charge in [0.1, 0.15) is 29.0 Å². The summed E-state index contributed by atoms with van der Waals surface area (Å²) in [4.78, 5) is 16.6. The Kier molecular flexibility index (Phi) is 5.39. The summed E-state index contributed by atoms with van der Waals surface area (Å²) in [7, 11) is 0. The number of anilines is 2. The first-order valence-corrected chi connectivity index (χ1v) is 11.3. The van der Waals surface area contributed by atoms with E-state index in [1.54, 1.807) is 12.4 Å². The van der Waals surface area contributed by atoms with E-state index in [-0.39, 0.29) is 0 Å². The number of benzene rings is 1. The monoisotopic (exact) mass is 439 g/mol. The molecular formula is C22H22ClN5OS. The third-order valence-corrected chi connectivity index (χ3v) is 7.23. The summed E-state index contributed by atoms with van der Waals surface area (Å²) in [5.74, 6) is 2.23. The average Bonchev–Trinajstić information content (AvgIpc) is 3.20. The van der Waals surface area contributed by atoms with Crippen LogP contribution in [0.3, 0.4) is 0 Å². The third-order valence-electron chi connectivity index (χ3n) is 5.74. The summed E-state index contributed by atoms with van der Waals surface area (Å²) < 4.78 is 6.19. The van der Waals surface area contributed by atoms with Crippen molar-refractivity contribution in [2.75, 3.05) is 17.2 Å². The lowest BCUT2D eigenvalue weighted by Crippen LogP contribution is -2.40. The maximum absolute atomic E-state index is 6.25. The first kappa shape index (κ1) is 19.5. The summed E-state index contributed by atoms with van der Waals surface area (Å²) in [5, 5.41) is 1.22. The normalized spacial score (nSPS) is 20.6. The molecule has 3 aromatic rings. The van der Waals surface area contributed by atoms with Crippen molar-refractivity contribution >= 4 is 35.0 Å². The van der Waals surface area contributed by atoms with Crippen molar-refractivity contribution in [2.45, 2.75) is 47.7 Å². The molecule has 2 bridgehead atoms. The predicted octanol–water partition coefficient (Wildman–Crippen LogP) is 4.62. The molecule has 0 radical (unpaired) electrons. The van der Waals surface area contributed by atoms with Crippen LogP contribution in [0.1, 0.15) is 24.8 Å². The summed E-state index contributed by atoms with van der Waals surface area (Å²) in [6, 6.07) is 11.0. The number of ether oxygens (including phenoxy) is 1. The zero-order valence-electron chi connectivity index (χ0n) is 16.4. The summed E-state index contributed by atoms with van der Waals surface area (Å²) >= 11 is 7.69. The van der Waals surface area contributed by atoms with Crippen LogP contribution in [0.25, 0.3) is 0 Å². The van der Waals surface area contributed by atoms with Crippen LogP contribution in [0.15, 0.2) is 58.8 Å². The molecule has 8 heteroatoms. The topological polar surface area (TPSA) is 77.2 Å². The smallest absolute Gasteiger partial charge is 0.147 e. The number of para-hydroxylation sites is 1. The molecule has 0 aliphatic carbocycles. The first-order chi connectivity index (χ1) is 14.7. The highest BCUT2D eigenvalue weighted by Gasteiger charge is 2.35. The van der Waals surface area contributed by atoms with Crippen molar-refractivity contribution in [3.63, 3.8) is 0 Å². The van der Waals surface area contributed by atoms with Gasteiger partial charge in [0, 0.05) is 17.1 Å². The third kappa shape index (κ3) is 3.79. The quantitative estimate of drug-likeness (QED) is 0.637. The molecule has 2 N–H and O–H groups in total. The van der Waals surface area contributed by atoms with Gasteiger partial charge in [0.15, 0.2) is 0 Å². The standard InChI is InChI=1S/C22H22ClN5OS/c23-21-18(9-10-25-22(21)24)30-20-12-26-19(11-27-20)28-15-6-5-14-3-1-2-4-17(14)29-13-16(28)8-7-15/h1-4,9-12,15-16H,5-8,13H2,(H2,24,25)/t15-,16-/m0/s1. The minimum Gasteiger partial charge on any atom is -0.491 e. The van der Waals surface area contributed by atoms with E-state index in [2.05, 4.69) is 33.1 Å². The molecular weight excluding hydrogens is 418 g/mol. The van der Waals surface area contributed by atoms with Gasteiger partial charge in [0.25, 0.3) is 0 Å². The van der Waals surface area contributed by atoms with Gasteiger partial charge in [-0.05, 0) is 43.4 Å². The van der Waals surface area contributed by atoms with Crippen LogP contribution in [0, 0.1) is 0 Å². The number of aryl methyl sites for hydroxylation is 1. The van der Waals surface area contributed by atoms with E-state index >= 15 is 0 Å². The van der Waals surface area contributed by atoms with E-state index in [1.807, 2.05) is 18.3 Å². The van der Waals surface area contributed by atoms with E-state index in [1.165, 1.54) is 17.3 Å². The SMILES string of the molecule is Nc1nccc(Sc2cnc(N3[C@H]4CCc5ccccc5OC[C@@H]3CC4)cn2)c1Cl. The summed E-state index contributed by atoms with van der Waals surface area (Å²) in [5.41, 5.74) is 7.08. The van der Waals surface area contributed by atoms with Crippen LogP contribution in [0.5, 0.6) is 5.75 Å². The molecule has 1 saturated heterocycles. The number of fused-ring (bicyclic) bond motifs is 3. The van der Waals surface area contributed by atoms with Crippen LogP contribution >= 0.6 is 23.4 Å². The molecule has 0 saturated carbocycles. The van der Waals surface area contributed by atoms with Gasteiger partial charge in [0.2, 0.25) is 0 Å². The Morgan fingerprint density at radius 3 is 2.77 bits per heavy atom. The molecule has 30 heavy (non-hydrogen) atoms. The molecule has 2 aromatic heterocycles. The minimum absolute atomic E-state index is 0.309. The van der Waals surface area contributed by atoms with E-state index in [4.69, 9.17) is 27.1 Å². The van der Waals surface area contributed by atoms with E-state index in [0.717, 1.165) is 47.2 Å². The molecule has 154 valence electrons. The molecule has 2 atom stereocenters. The van der Waals surface area contributed by atoms with Crippen molar-refractivity contribution in [1.29, 1.82) is 0 Å². The Balaban J connectivity index is 1.36. The Morgan fingerprint density at radius 1 is 1.03 bits per heavy atom. The van der Waals surface area contributed by atoms with Crippen molar-refractivity contribution in [3.8, 4) is 5.75 Å². The maximum Gasteiger partial charge on any atom is 0.147 e. The number of nitrogens with zero attached hydrogens (tertiary/aromatic N) is 4. The van der Waals surface area contributed by atoms with Gasteiger partial charge < -0.3 is 15.4 Å². The molecule has 2 aliphatic heterocycles. The van der Waals surface area contributed by atoms with Crippen molar-refractivity contribution in [1.82, 2.24) is 15.0 Å². The second-order valence-electron chi connectivity index (χ2n) is 7.57. The molecule has 6 nitrogen and oxygen atoms in total. The van der Waals surface area contributed by atoms with Gasteiger partial charge >= 0.3 is 0 Å². The van der Waals surface area contributed by atoms with Crippen LogP contribution < -0.4 is 15.4 Å². The molecule has 1 fully saturated rings. The number of halogens is 1. The largest absolute Gasteiger partial charge is 0.491 e. The molecule has 2 aliphatic rings. The van der Waals surface area contributed by atoms with E-state index < -0.39 is 0 Å². The summed E-state index contributed by atoms with van der Waals surface area (Å²) in [6.07, 6.45) is 9.65. The highest BCUT2D eigenvalue weighted by molar-refractivity contribution is 7.99. The number of aromatic nitrogens is 3. The molecule has 1 aromatic carbocycles. The maximum atomic E-state index is 6.25. The first-order valence-electron chi connectivity index (χ1n) is 10.1. The van der Waals surface area contributed by atoms with Crippen LogP contribution in [0.4, 0.5) is 11.6 Å². The molecule has 0 spiro atoms. The number of hydrogen-bond donors (Lipinski definition) is 1. The highest BCUT2D eigenvalue weighted by Crippen LogP contribution is 2.37. The number of hydrogen-bond acceptors (Lipinski definition) is 7. The average molecular weight is 440 g/mol. The van der Waals surface area contributed by atoms with Crippen molar-refractivity contribution in [3.05, 3.63) is 59.5 Å². The van der Waals surface area contributed by atoms with Gasteiger partial charge in [0.05, 0.1) is 23.5 Å². The van der Waals surface area contributed by atoms with Gasteiger partial charge in [-0.1, -0.05) is 41.6 Å². The fraction of sp³-hybridized carbons (Fsp3) is 0.318. The van der Waals surface area contributed by atoms with Crippen molar-refractivity contribution in [2.24, 2.45) is 0 Å². The van der Waals surface area contributed by atoms with E-state index in [9.17, 15) is 0 Å². The van der Waals surface area contributed by atoms with Gasteiger partial charge in [-0.25, -0.2) is 15.0 Å². The van der Waals surface area contributed by atoms with Gasteiger partial charge in [-0.2, -0.15) is 0 Å². The lowest BCUT2D eigenvalue weighted by Gasteiger charge is -2.30. The highest BCUT2D eigenvalue weighted by atomic mass is 35.5. The fourth-order valence-electron chi connectivity index (χ4n) is 4.27. The molecule has 0 unspecified atom stereocenters. The number of pyridine rings is 1. The van der Waals surface area contributed by atoms with Crippen molar-refractivity contribution < 1.29 is 4.74 Å². The second kappa shape index (κ2) is 8.32. The van der Waals surface area contributed by atoms with Gasteiger partial charge in [-0.15, -0.1) is 0 Å². The lowest BCUT2D eigenvalue weighted by atomic mass is 10.0. The van der Waals surface area contributed by atoms with Crippen LogP contribution in [0.2, 0.25) is 5.02 Å². The Labute approximate surface area is 184 Å². The molecule has 4 heterocycles. The fourth-order valence-corrected chi connectivity index (χ4v) is 5.26. The molecule has 5 rings (SSSR count). The Hall–Kier alpha value is -2.51. The molecule has 0 amide bonds. The predicted molar refractivity (Wildman–Crippen MR) is 119 cm³/mol. The van der Waals surface area contributed by atoms with Gasteiger partial charge in [-0.3, -0.25) is 0 Å². The van der Waals surface area contributed by atoms with Crippen LogP contribution in [-0.4, -0.2) is 33.6 Å². The lowest BCUT2D eigenvalue weighted by molar-refractivity contribution is 0.286. The second-order valence-corrected chi connectivity index (χ2v) is 9.01. The minimum atomic E-state index is 0.309. The van der Waals surface area contributed by atoms with E-state index in [0.29, 0.717) is 29.5 Å². The number of nitrogens with two attached hydrogens (primary N) is 1. The zero-order chi connectivity index (χ0) is 20.5. The van der Waals surface area contributed by atoms with Crippen LogP contribution in [-0.2, 0) is 6.42 Å².